The normalized spacial score (nSPS) is 14.1. The maximum absolute atomic E-state index is 11.8. The molecule has 1 saturated heterocycles. The highest BCUT2D eigenvalue weighted by Gasteiger charge is 2.35. The maximum Gasteiger partial charge on any atom is 0.324 e. The van der Waals surface area contributed by atoms with Crippen LogP contribution in [0, 0.1) is 0 Å². The van der Waals surface area contributed by atoms with Crippen LogP contribution >= 0.6 is 0 Å². The van der Waals surface area contributed by atoms with Gasteiger partial charge in [0.05, 0.1) is 5.54 Å². The van der Waals surface area contributed by atoms with Gasteiger partial charge in [0.15, 0.2) is 0 Å². The van der Waals surface area contributed by atoms with E-state index in [1.807, 2.05) is 18.2 Å². The Hall–Kier alpha value is -3.44. The largest absolute Gasteiger partial charge is 0.324 e. The maximum atomic E-state index is 11.8. The van der Waals surface area contributed by atoms with Crippen LogP contribution in [0.4, 0.5) is 4.79 Å². The number of nitrogens with zero attached hydrogens (tertiary/aromatic N) is 1. The minimum Gasteiger partial charge on any atom is -0.315 e. The fourth-order valence-corrected chi connectivity index (χ4v) is 4.08. The van der Waals surface area contributed by atoms with Crippen molar-refractivity contribution in [2.24, 2.45) is 0 Å². The average Bonchev–Trinajstić information content (AvgIpc) is 3.12. The number of urea groups is 1. The van der Waals surface area contributed by atoms with Crippen LogP contribution in [0.1, 0.15) is 23.1 Å². The van der Waals surface area contributed by atoms with Crippen molar-refractivity contribution in [3.63, 3.8) is 0 Å². The summed E-state index contributed by atoms with van der Waals surface area (Å²) in [4.78, 5) is 24.8. The molecule has 2 N–H and O–H groups in total. The first kappa shape index (κ1) is 19.9. The number of rotatable bonds is 8. The number of benzene rings is 3. The summed E-state index contributed by atoms with van der Waals surface area (Å²) in [5, 5.41) is 6.12. The van der Waals surface area contributed by atoms with Crippen molar-refractivity contribution in [2.45, 2.75) is 12.0 Å². The highest BCUT2D eigenvalue weighted by molar-refractivity contribution is 6.01. The molecule has 3 aromatic carbocycles. The fraction of sp³-hybridized carbons (Fsp3) is 0.200. The molecule has 0 aliphatic carbocycles. The molecule has 0 atom stereocenters. The summed E-state index contributed by atoms with van der Waals surface area (Å²) in [7, 11) is 0. The van der Waals surface area contributed by atoms with E-state index in [1.165, 1.54) is 0 Å². The molecule has 3 aromatic rings. The smallest absolute Gasteiger partial charge is 0.315 e. The van der Waals surface area contributed by atoms with Gasteiger partial charge in [-0.2, -0.15) is 0 Å². The van der Waals surface area contributed by atoms with E-state index < -0.39 is 5.54 Å². The molecule has 5 nitrogen and oxygen atoms in total. The number of nitrogens with one attached hydrogen (secondary N) is 2. The van der Waals surface area contributed by atoms with E-state index in [4.69, 9.17) is 0 Å². The SMILES string of the molecule is O=C1CN(CCCNC(c2ccccc2)(c2ccccc2)c2ccccc2)C(=O)N1. The van der Waals surface area contributed by atoms with Crippen LogP contribution in [0.3, 0.4) is 0 Å². The number of hydrogen-bond donors (Lipinski definition) is 2. The molecule has 152 valence electrons. The van der Waals surface area contributed by atoms with Crippen molar-refractivity contribution in [1.82, 2.24) is 15.5 Å². The second kappa shape index (κ2) is 8.93. The Kier molecular flexibility index (Phi) is 5.91. The molecule has 1 fully saturated rings. The number of carbonyl (C=O) groups is 2. The zero-order valence-corrected chi connectivity index (χ0v) is 16.8. The molecule has 30 heavy (non-hydrogen) atoms. The molecule has 4 rings (SSSR count). The third-order valence-corrected chi connectivity index (χ3v) is 5.48. The molecule has 5 heteroatoms. The zero-order chi connectivity index (χ0) is 20.8. The van der Waals surface area contributed by atoms with Gasteiger partial charge in [0, 0.05) is 6.54 Å². The summed E-state index contributed by atoms with van der Waals surface area (Å²) < 4.78 is 0. The molecule has 1 heterocycles. The fourth-order valence-electron chi connectivity index (χ4n) is 4.08. The lowest BCUT2D eigenvalue weighted by Gasteiger charge is -2.37. The van der Waals surface area contributed by atoms with Crippen LogP contribution in [0.5, 0.6) is 0 Å². The second-order valence-corrected chi connectivity index (χ2v) is 7.40. The van der Waals surface area contributed by atoms with Crippen LogP contribution in [-0.2, 0) is 10.3 Å². The molecule has 0 unspecified atom stereocenters. The van der Waals surface area contributed by atoms with Crippen molar-refractivity contribution < 1.29 is 9.59 Å². The Morgan fingerprint density at radius 1 is 0.767 bits per heavy atom. The predicted molar refractivity (Wildman–Crippen MR) is 117 cm³/mol. The second-order valence-electron chi connectivity index (χ2n) is 7.40. The van der Waals surface area contributed by atoms with E-state index in [2.05, 4.69) is 83.4 Å². The van der Waals surface area contributed by atoms with E-state index in [1.54, 1.807) is 4.90 Å². The highest BCUT2D eigenvalue weighted by atomic mass is 16.2. The van der Waals surface area contributed by atoms with Gasteiger partial charge in [-0.15, -0.1) is 0 Å². The van der Waals surface area contributed by atoms with Crippen molar-refractivity contribution in [1.29, 1.82) is 0 Å². The summed E-state index contributed by atoms with van der Waals surface area (Å²) in [5.74, 6) is -0.236. The first-order valence-corrected chi connectivity index (χ1v) is 10.2. The van der Waals surface area contributed by atoms with E-state index in [0.717, 1.165) is 23.1 Å². The van der Waals surface area contributed by atoms with Crippen LogP contribution in [0.15, 0.2) is 91.0 Å². The summed E-state index contributed by atoms with van der Waals surface area (Å²) in [6.07, 6.45) is 0.731. The Morgan fingerprint density at radius 3 is 1.63 bits per heavy atom. The van der Waals surface area contributed by atoms with Gasteiger partial charge >= 0.3 is 6.03 Å². The molecule has 0 aromatic heterocycles. The average molecular weight is 399 g/mol. The molecule has 0 radical (unpaired) electrons. The Labute approximate surface area is 176 Å². The number of amides is 3. The quantitative estimate of drug-likeness (QED) is 0.346. The number of hydrogen-bond acceptors (Lipinski definition) is 3. The number of carbonyl (C=O) groups excluding carboxylic acids is 2. The molecule has 1 aliphatic rings. The van der Waals surface area contributed by atoms with E-state index >= 15 is 0 Å². The molecule has 3 amide bonds. The lowest BCUT2D eigenvalue weighted by atomic mass is 9.77. The highest BCUT2D eigenvalue weighted by Crippen LogP contribution is 2.36. The van der Waals surface area contributed by atoms with Gasteiger partial charge in [-0.3, -0.25) is 15.4 Å². The van der Waals surface area contributed by atoms with Gasteiger partial charge in [0.2, 0.25) is 5.91 Å². The minimum atomic E-state index is -0.521. The lowest BCUT2D eigenvalue weighted by Crippen LogP contribution is -2.45. The molecule has 0 spiro atoms. The lowest BCUT2D eigenvalue weighted by molar-refractivity contribution is -0.118. The monoisotopic (exact) mass is 399 g/mol. The Bertz CT molecular complexity index is 894. The van der Waals surface area contributed by atoms with Gasteiger partial charge in [-0.1, -0.05) is 91.0 Å². The van der Waals surface area contributed by atoms with E-state index in [9.17, 15) is 9.59 Å². The summed E-state index contributed by atoms with van der Waals surface area (Å²) >= 11 is 0. The van der Waals surface area contributed by atoms with Crippen molar-refractivity contribution >= 4 is 11.9 Å². The van der Waals surface area contributed by atoms with Gasteiger partial charge in [0.1, 0.15) is 6.54 Å². The van der Waals surface area contributed by atoms with Crippen molar-refractivity contribution in [3.05, 3.63) is 108 Å². The summed E-state index contributed by atoms with van der Waals surface area (Å²) in [6.45, 7) is 1.34. The van der Waals surface area contributed by atoms with Gasteiger partial charge in [0.25, 0.3) is 0 Å². The van der Waals surface area contributed by atoms with E-state index in [-0.39, 0.29) is 18.5 Å². The van der Waals surface area contributed by atoms with Crippen LogP contribution in [0.2, 0.25) is 0 Å². The topological polar surface area (TPSA) is 61.4 Å². The standard InChI is InChI=1S/C25H25N3O2/c29-23-19-28(24(30)27-23)18-10-17-26-25(20-11-4-1-5-12-20,21-13-6-2-7-14-21)22-15-8-3-9-16-22/h1-9,11-16,26H,10,17-19H2,(H,27,29,30). The predicted octanol–water partition coefficient (Wildman–Crippen LogP) is 3.51. The molecule has 0 saturated carbocycles. The minimum absolute atomic E-state index is 0.139. The number of imide groups is 1. The van der Waals surface area contributed by atoms with Gasteiger partial charge in [-0.05, 0) is 29.7 Å². The summed E-state index contributed by atoms with van der Waals surface area (Å²) in [6, 6.07) is 30.9. The molecule has 1 aliphatic heterocycles. The third-order valence-electron chi connectivity index (χ3n) is 5.48. The first-order chi connectivity index (χ1) is 14.7. The van der Waals surface area contributed by atoms with Gasteiger partial charge in [-0.25, -0.2) is 4.79 Å². The van der Waals surface area contributed by atoms with Crippen LogP contribution in [0.25, 0.3) is 0 Å². The van der Waals surface area contributed by atoms with E-state index in [0.29, 0.717) is 13.1 Å². The van der Waals surface area contributed by atoms with Crippen LogP contribution < -0.4 is 10.6 Å². The molecular weight excluding hydrogens is 374 g/mol. The van der Waals surface area contributed by atoms with Crippen molar-refractivity contribution in [3.8, 4) is 0 Å². The molecular formula is C25H25N3O2. The zero-order valence-electron chi connectivity index (χ0n) is 16.8. The summed E-state index contributed by atoms with van der Waals surface area (Å²) in [5.41, 5.74) is 2.93. The molecule has 0 bridgehead atoms. The van der Waals surface area contributed by atoms with Crippen molar-refractivity contribution in [2.75, 3.05) is 19.6 Å². The Balaban J connectivity index is 1.65. The van der Waals surface area contributed by atoms with Gasteiger partial charge < -0.3 is 4.90 Å². The van der Waals surface area contributed by atoms with Crippen LogP contribution in [-0.4, -0.2) is 36.5 Å². The Morgan fingerprint density at radius 2 is 1.23 bits per heavy atom. The third kappa shape index (κ3) is 3.98. The first-order valence-electron chi connectivity index (χ1n) is 10.2.